The van der Waals surface area contributed by atoms with E-state index in [2.05, 4.69) is 12.2 Å². The fourth-order valence-electron chi connectivity index (χ4n) is 2.20. The maximum atomic E-state index is 12.5. The van der Waals surface area contributed by atoms with Crippen LogP contribution >= 0.6 is 11.3 Å². The number of unbranched alkanes of at least 4 members (excludes halogenated alkanes) is 1. The number of hydrogen-bond acceptors (Lipinski definition) is 4. The van der Waals surface area contributed by atoms with Gasteiger partial charge in [0.05, 0.1) is 5.75 Å². The molecule has 1 fully saturated rings. The third kappa shape index (κ3) is 4.84. The summed E-state index contributed by atoms with van der Waals surface area (Å²) in [5.74, 6) is 0.278. The molecule has 114 valence electrons. The summed E-state index contributed by atoms with van der Waals surface area (Å²) in [7, 11) is -3.11. The molecular weight excluding hydrogens is 292 g/mol. The summed E-state index contributed by atoms with van der Waals surface area (Å²) < 4.78 is 26.7. The average molecular weight is 316 g/mol. The lowest BCUT2D eigenvalue weighted by Crippen LogP contribution is -2.34. The lowest BCUT2D eigenvalue weighted by atomic mass is 10.3. The standard InChI is InChI=1S/C14H24N2O2S2/c1-2-15-9-3-4-11-20(17,18)16(13-7-8-13)12-14-6-5-10-19-14/h5-6,10,13,15H,2-4,7-9,11-12H2,1H3. The van der Waals surface area contributed by atoms with Crippen molar-refractivity contribution in [2.75, 3.05) is 18.8 Å². The van der Waals surface area contributed by atoms with Crippen molar-refractivity contribution in [3.8, 4) is 0 Å². The third-order valence-corrected chi connectivity index (χ3v) is 6.27. The first-order valence-corrected chi connectivity index (χ1v) is 9.85. The van der Waals surface area contributed by atoms with Crippen LogP contribution in [0.2, 0.25) is 0 Å². The van der Waals surface area contributed by atoms with Gasteiger partial charge in [0.15, 0.2) is 0 Å². The molecule has 1 heterocycles. The fourth-order valence-corrected chi connectivity index (χ4v) is 4.79. The molecule has 1 aromatic rings. The molecule has 4 nitrogen and oxygen atoms in total. The second-order valence-electron chi connectivity index (χ2n) is 5.23. The van der Waals surface area contributed by atoms with Gasteiger partial charge in [-0.2, -0.15) is 4.31 Å². The number of sulfonamides is 1. The molecule has 0 atom stereocenters. The van der Waals surface area contributed by atoms with E-state index in [0.29, 0.717) is 6.54 Å². The lowest BCUT2D eigenvalue weighted by Gasteiger charge is -2.21. The summed E-state index contributed by atoms with van der Waals surface area (Å²) in [5.41, 5.74) is 0. The van der Waals surface area contributed by atoms with E-state index < -0.39 is 10.0 Å². The van der Waals surface area contributed by atoms with Crippen LogP contribution < -0.4 is 5.32 Å². The van der Waals surface area contributed by atoms with E-state index in [-0.39, 0.29) is 11.8 Å². The van der Waals surface area contributed by atoms with E-state index in [1.54, 1.807) is 15.6 Å². The SMILES string of the molecule is CCNCCCCS(=O)(=O)N(Cc1cccs1)C1CC1. The van der Waals surface area contributed by atoms with E-state index in [1.165, 1.54) is 0 Å². The van der Waals surface area contributed by atoms with Gasteiger partial charge >= 0.3 is 0 Å². The summed E-state index contributed by atoms with van der Waals surface area (Å²) in [6, 6.07) is 4.24. The highest BCUT2D eigenvalue weighted by Crippen LogP contribution is 2.32. The number of hydrogen-bond donors (Lipinski definition) is 1. The van der Waals surface area contributed by atoms with Crippen LogP contribution in [0.1, 0.15) is 37.5 Å². The van der Waals surface area contributed by atoms with Gasteiger partial charge in [-0.3, -0.25) is 0 Å². The van der Waals surface area contributed by atoms with Gasteiger partial charge in [0.1, 0.15) is 0 Å². The van der Waals surface area contributed by atoms with Crippen molar-refractivity contribution < 1.29 is 8.42 Å². The normalized spacial score (nSPS) is 15.9. The Morgan fingerprint density at radius 2 is 2.20 bits per heavy atom. The Morgan fingerprint density at radius 1 is 1.40 bits per heavy atom. The Kier molecular flexibility index (Phi) is 6.01. The monoisotopic (exact) mass is 316 g/mol. The van der Waals surface area contributed by atoms with Gasteiger partial charge in [-0.1, -0.05) is 13.0 Å². The number of nitrogens with one attached hydrogen (secondary N) is 1. The minimum Gasteiger partial charge on any atom is -0.317 e. The lowest BCUT2D eigenvalue weighted by molar-refractivity contribution is 0.400. The molecule has 2 rings (SSSR count). The van der Waals surface area contributed by atoms with Gasteiger partial charge in [-0.05, 0) is 50.2 Å². The van der Waals surface area contributed by atoms with Gasteiger partial charge in [-0.25, -0.2) is 8.42 Å². The number of thiophene rings is 1. The molecule has 0 spiro atoms. The van der Waals surface area contributed by atoms with E-state index >= 15 is 0 Å². The molecule has 1 aromatic heterocycles. The molecule has 1 saturated carbocycles. The third-order valence-electron chi connectivity index (χ3n) is 3.46. The van der Waals surface area contributed by atoms with Gasteiger partial charge in [0.2, 0.25) is 10.0 Å². The zero-order chi connectivity index (χ0) is 14.4. The van der Waals surface area contributed by atoms with E-state index in [9.17, 15) is 8.42 Å². The predicted octanol–water partition coefficient (Wildman–Crippen LogP) is 2.43. The zero-order valence-corrected chi connectivity index (χ0v) is 13.7. The molecule has 1 aliphatic carbocycles. The summed E-state index contributed by atoms with van der Waals surface area (Å²) in [6.45, 7) is 4.46. The Morgan fingerprint density at radius 3 is 2.80 bits per heavy atom. The van der Waals surface area contributed by atoms with Crippen molar-refractivity contribution in [2.24, 2.45) is 0 Å². The molecule has 0 amide bonds. The van der Waals surface area contributed by atoms with Crippen LogP contribution in [-0.2, 0) is 16.6 Å². The first-order chi connectivity index (χ1) is 9.63. The maximum Gasteiger partial charge on any atom is 0.214 e. The van der Waals surface area contributed by atoms with Crippen LogP contribution in [0.25, 0.3) is 0 Å². The highest BCUT2D eigenvalue weighted by Gasteiger charge is 2.36. The van der Waals surface area contributed by atoms with Gasteiger partial charge in [-0.15, -0.1) is 11.3 Å². The van der Waals surface area contributed by atoms with Crippen molar-refractivity contribution in [3.05, 3.63) is 22.4 Å². The average Bonchev–Trinajstić information content (AvgIpc) is 3.12. The fraction of sp³-hybridized carbons (Fsp3) is 0.714. The van der Waals surface area contributed by atoms with E-state index in [4.69, 9.17) is 0 Å². The van der Waals surface area contributed by atoms with Crippen LogP contribution in [-0.4, -0.2) is 37.6 Å². The highest BCUT2D eigenvalue weighted by molar-refractivity contribution is 7.89. The van der Waals surface area contributed by atoms with Crippen LogP contribution in [0.5, 0.6) is 0 Å². The molecule has 0 unspecified atom stereocenters. The van der Waals surface area contributed by atoms with Gasteiger partial charge in [0.25, 0.3) is 0 Å². The van der Waals surface area contributed by atoms with Gasteiger partial charge < -0.3 is 5.32 Å². The van der Waals surface area contributed by atoms with Crippen molar-refractivity contribution >= 4 is 21.4 Å². The number of nitrogens with zero attached hydrogens (tertiary/aromatic N) is 1. The summed E-state index contributed by atoms with van der Waals surface area (Å²) in [4.78, 5) is 1.13. The molecule has 0 saturated heterocycles. The first-order valence-electron chi connectivity index (χ1n) is 7.36. The Labute approximate surface area is 126 Å². The van der Waals surface area contributed by atoms with E-state index in [1.807, 2.05) is 17.5 Å². The minimum absolute atomic E-state index is 0.246. The van der Waals surface area contributed by atoms with Crippen molar-refractivity contribution in [1.82, 2.24) is 9.62 Å². The van der Waals surface area contributed by atoms with E-state index in [0.717, 1.165) is 43.6 Å². The molecule has 20 heavy (non-hydrogen) atoms. The van der Waals surface area contributed by atoms with Crippen LogP contribution in [0.15, 0.2) is 17.5 Å². The van der Waals surface area contributed by atoms with Gasteiger partial charge in [0, 0.05) is 17.5 Å². The molecule has 0 radical (unpaired) electrons. The first kappa shape index (κ1) is 15.9. The molecule has 0 bridgehead atoms. The summed E-state index contributed by atoms with van der Waals surface area (Å²) in [6.07, 6.45) is 3.69. The predicted molar refractivity (Wildman–Crippen MR) is 84.4 cm³/mol. The Balaban J connectivity index is 1.87. The molecule has 1 aliphatic rings. The highest BCUT2D eigenvalue weighted by atomic mass is 32.2. The Bertz CT molecular complexity index is 481. The second-order valence-corrected chi connectivity index (χ2v) is 8.31. The molecule has 1 N–H and O–H groups in total. The topological polar surface area (TPSA) is 49.4 Å². The zero-order valence-electron chi connectivity index (χ0n) is 12.0. The van der Waals surface area contributed by atoms with Crippen LogP contribution in [0.3, 0.4) is 0 Å². The maximum absolute atomic E-state index is 12.5. The molecule has 0 aliphatic heterocycles. The molecule has 6 heteroatoms. The van der Waals surface area contributed by atoms with Crippen LogP contribution in [0, 0.1) is 0 Å². The minimum atomic E-state index is -3.11. The van der Waals surface area contributed by atoms with Crippen molar-refractivity contribution in [1.29, 1.82) is 0 Å². The second kappa shape index (κ2) is 7.54. The summed E-state index contributed by atoms with van der Waals surface area (Å²) >= 11 is 1.63. The molecule has 0 aromatic carbocycles. The Hall–Kier alpha value is -0.430. The van der Waals surface area contributed by atoms with Crippen molar-refractivity contribution in [3.63, 3.8) is 0 Å². The smallest absolute Gasteiger partial charge is 0.214 e. The summed E-state index contributed by atoms with van der Waals surface area (Å²) in [5, 5.41) is 5.23. The van der Waals surface area contributed by atoms with Crippen molar-refractivity contribution in [2.45, 2.75) is 45.2 Å². The quantitative estimate of drug-likeness (QED) is 0.675. The van der Waals surface area contributed by atoms with Crippen LogP contribution in [0.4, 0.5) is 0 Å². The molecular formula is C14H24N2O2S2. The number of rotatable bonds is 10. The largest absolute Gasteiger partial charge is 0.317 e.